The van der Waals surface area contributed by atoms with Crippen LogP contribution in [-0.4, -0.2) is 15.7 Å². The average Bonchev–Trinajstić information content (AvgIpc) is 2.79. The molecule has 0 saturated carbocycles. The summed E-state index contributed by atoms with van der Waals surface area (Å²) < 4.78 is 0.855. The highest BCUT2D eigenvalue weighted by molar-refractivity contribution is 7.07. The van der Waals surface area contributed by atoms with Crippen LogP contribution >= 0.6 is 11.3 Å². The number of ketones is 1. The number of nitrogens with one attached hydrogen (secondary N) is 1. The van der Waals surface area contributed by atoms with E-state index in [0.717, 1.165) is 11.3 Å². The Kier molecular flexibility index (Phi) is 4.84. The largest absolute Gasteiger partial charge is 0.313 e. The molecule has 2 aromatic rings. The van der Waals surface area contributed by atoms with Crippen LogP contribution in [0.25, 0.3) is 12.2 Å². The molecule has 126 valence electrons. The Hall–Kier alpha value is -2.54. The molecule has 0 saturated heterocycles. The lowest BCUT2D eigenvalue weighted by molar-refractivity contribution is -0.385. The van der Waals surface area contributed by atoms with E-state index in [4.69, 9.17) is 0 Å². The molecule has 6 nitrogen and oxygen atoms in total. The van der Waals surface area contributed by atoms with Gasteiger partial charge < -0.3 is 4.98 Å². The Morgan fingerprint density at radius 2 is 2.00 bits per heavy atom. The van der Waals surface area contributed by atoms with E-state index in [1.807, 2.05) is 0 Å². The summed E-state index contributed by atoms with van der Waals surface area (Å²) in [4.78, 5) is 37.2. The van der Waals surface area contributed by atoms with Crippen molar-refractivity contribution in [2.75, 3.05) is 0 Å². The van der Waals surface area contributed by atoms with Crippen LogP contribution < -0.4 is 14.8 Å². The lowest BCUT2D eigenvalue weighted by Crippen LogP contribution is -2.22. The van der Waals surface area contributed by atoms with Gasteiger partial charge in [-0.05, 0) is 18.6 Å². The number of hydrogen-bond donors (Lipinski definition) is 1. The smallest absolute Gasteiger partial charge is 0.272 e. The summed E-state index contributed by atoms with van der Waals surface area (Å²) >= 11 is 1.15. The van der Waals surface area contributed by atoms with Crippen molar-refractivity contribution in [1.29, 1.82) is 0 Å². The minimum atomic E-state index is -0.525. The van der Waals surface area contributed by atoms with Crippen LogP contribution in [0.5, 0.6) is 0 Å². The molecule has 7 heteroatoms. The molecule has 1 aromatic heterocycles. The van der Waals surface area contributed by atoms with Gasteiger partial charge in [0.25, 0.3) is 11.2 Å². The first-order valence-corrected chi connectivity index (χ1v) is 8.11. The van der Waals surface area contributed by atoms with Gasteiger partial charge in [-0.3, -0.25) is 19.7 Å². The summed E-state index contributed by atoms with van der Waals surface area (Å²) in [6.07, 6.45) is 3.00. The maximum Gasteiger partial charge on any atom is 0.272 e. The number of hydrogen-bond acceptors (Lipinski definition) is 5. The molecule has 2 rings (SSSR count). The summed E-state index contributed by atoms with van der Waals surface area (Å²) in [5, 5.41) is 11.0. The molecule has 0 unspecified atom stereocenters. The third kappa shape index (κ3) is 4.05. The second-order valence-electron chi connectivity index (χ2n) is 6.49. The van der Waals surface area contributed by atoms with E-state index >= 15 is 0 Å². The number of carbonyl (C=O) groups is 1. The molecule has 24 heavy (non-hydrogen) atoms. The lowest BCUT2D eigenvalue weighted by atomic mass is 9.91. The van der Waals surface area contributed by atoms with E-state index in [-0.39, 0.29) is 17.0 Å². The topological polar surface area (TPSA) is 93.1 Å². The number of nitro groups is 1. The van der Waals surface area contributed by atoms with Gasteiger partial charge in [0.15, 0.2) is 5.78 Å². The van der Waals surface area contributed by atoms with E-state index < -0.39 is 10.3 Å². The first-order valence-electron chi connectivity index (χ1n) is 7.30. The number of Topliss-reactive ketones (excluding diaryl/α,β-unsaturated/α-hetero) is 1. The van der Waals surface area contributed by atoms with Crippen LogP contribution in [-0.2, 0) is 4.79 Å². The molecule has 0 atom stereocenters. The number of nitrogens with zero attached hydrogens (tertiary/aromatic N) is 1. The normalized spacial score (nSPS) is 13.3. The Morgan fingerprint density at radius 3 is 2.58 bits per heavy atom. The average molecular weight is 346 g/mol. The van der Waals surface area contributed by atoms with Gasteiger partial charge in [0, 0.05) is 23.1 Å². The highest BCUT2D eigenvalue weighted by Gasteiger charge is 2.18. The van der Waals surface area contributed by atoms with Gasteiger partial charge in [-0.15, -0.1) is 11.3 Å². The first-order chi connectivity index (χ1) is 11.1. The summed E-state index contributed by atoms with van der Waals surface area (Å²) in [7, 11) is 0. The predicted molar refractivity (Wildman–Crippen MR) is 94.5 cm³/mol. The monoisotopic (exact) mass is 346 g/mol. The van der Waals surface area contributed by atoms with Crippen LogP contribution in [0.2, 0.25) is 0 Å². The van der Waals surface area contributed by atoms with Gasteiger partial charge in [-0.25, -0.2) is 0 Å². The van der Waals surface area contributed by atoms with Crippen LogP contribution in [0.1, 0.15) is 31.9 Å². The minimum Gasteiger partial charge on any atom is -0.313 e. The molecule has 0 aliphatic carbocycles. The Balaban J connectivity index is 2.52. The molecular weight excluding hydrogens is 328 g/mol. The van der Waals surface area contributed by atoms with Crippen molar-refractivity contribution in [2.45, 2.75) is 27.7 Å². The second-order valence-corrected chi connectivity index (χ2v) is 7.57. The zero-order valence-electron chi connectivity index (χ0n) is 13.9. The number of carbonyl (C=O) groups excluding carboxylic acids is 1. The molecule has 0 radical (unpaired) electrons. The van der Waals surface area contributed by atoms with E-state index in [1.165, 1.54) is 12.1 Å². The van der Waals surface area contributed by atoms with Crippen molar-refractivity contribution in [3.63, 3.8) is 0 Å². The molecule has 0 amide bonds. The van der Waals surface area contributed by atoms with Gasteiger partial charge in [-0.2, -0.15) is 0 Å². The third-order valence-corrected chi connectivity index (χ3v) is 4.37. The fraction of sp³-hybridized carbons (Fsp3) is 0.294. The zero-order valence-corrected chi connectivity index (χ0v) is 14.7. The van der Waals surface area contributed by atoms with Crippen molar-refractivity contribution < 1.29 is 9.72 Å². The van der Waals surface area contributed by atoms with Crippen LogP contribution in [0, 0.1) is 22.5 Å². The van der Waals surface area contributed by atoms with E-state index in [0.29, 0.717) is 20.3 Å². The van der Waals surface area contributed by atoms with Crippen molar-refractivity contribution in [2.24, 2.45) is 5.41 Å². The quantitative estimate of drug-likeness (QED) is 0.678. The van der Waals surface area contributed by atoms with Crippen molar-refractivity contribution in [1.82, 2.24) is 4.98 Å². The van der Waals surface area contributed by atoms with E-state index in [9.17, 15) is 19.7 Å². The summed E-state index contributed by atoms with van der Waals surface area (Å²) in [5.74, 6) is -0.0856. The van der Waals surface area contributed by atoms with Crippen LogP contribution in [0.15, 0.2) is 23.0 Å². The number of nitro benzene ring substituents is 1. The van der Waals surface area contributed by atoms with E-state index in [2.05, 4.69) is 4.98 Å². The standard InChI is InChI=1S/C17H18N2O4S/c1-10-5-6-11(7-12(10)19(22)23)8-13-16(21)18-15(24-13)9-14(20)17(2,3)4/h5-9H,1-4H3,(H,18,21)/b13-8-,15-9-. The molecule has 1 aromatic carbocycles. The number of aromatic amines is 1. The fourth-order valence-electron chi connectivity index (χ4n) is 1.92. The Bertz CT molecular complexity index is 977. The maximum atomic E-state index is 12.0. The number of aromatic nitrogens is 1. The number of thiazole rings is 1. The summed E-state index contributed by atoms with van der Waals surface area (Å²) in [5.41, 5.74) is 0.278. The lowest BCUT2D eigenvalue weighted by Gasteiger charge is -2.12. The molecule has 1 N–H and O–H groups in total. The van der Waals surface area contributed by atoms with Gasteiger partial charge in [0.1, 0.15) is 0 Å². The molecular formula is C17H18N2O4S. The molecule has 0 aliphatic heterocycles. The predicted octanol–water partition coefficient (Wildman–Crippen LogP) is 1.88. The Morgan fingerprint density at radius 1 is 1.33 bits per heavy atom. The number of rotatable bonds is 3. The highest BCUT2D eigenvalue weighted by atomic mass is 32.1. The van der Waals surface area contributed by atoms with Crippen molar-refractivity contribution in [3.8, 4) is 0 Å². The van der Waals surface area contributed by atoms with Gasteiger partial charge in [-0.1, -0.05) is 32.9 Å². The molecule has 0 fully saturated rings. The first kappa shape index (κ1) is 17.8. The Labute approximate surface area is 142 Å². The highest BCUT2D eigenvalue weighted by Crippen LogP contribution is 2.19. The zero-order chi connectivity index (χ0) is 18.1. The number of aryl methyl sites for hydroxylation is 1. The van der Waals surface area contributed by atoms with Crippen molar-refractivity contribution in [3.05, 3.63) is 59.0 Å². The third-order valence-electron chi connectivity index (χ3n) is 3.41. The number of benzene rings is 1. The second kappa shape index (κ2) is 6.52. The van der Waals surface area contributed by atoms with E-state index in [1.54, 1.807) is 45.9 Å². The van der Waals surface area contributed by atoms with Gasteiger partial charge in [0.05, 0.1) is 14.1 Å². The maximum absolute atomic E-state index is 12.0. The fourth-order valence-corrected chi connectivity index (χ4v) is 2.81. The summed E-state index contributed by atoms with van der Waals surface area (Å²) in [6, 6.07) is 4.78. The SMILES string of the molecule is Cc1ccc(/C=c2\s/c(=C\C(=O)C(C)(C)C)[nH]c2=O)cc1[N+](=O)[O-]. The molecule has 0 bridgehead atoms. The van der Waals surface area contributed by atoms with Crippen molar-refractivity contribution >= 4 is 35.0 Å². The van der Waals surface area contributed by atoms with Crippen LogP contribution in [0.4, 0.5) is 5.69 Å². The molecule has 0 aliphatic rings. The van der Waals surface area contributed by atoms with Gasteiger partial charge in [0.2, 0.25) is 0 Å². The van der Waals surface area contributed by atoms with Crippen LogP contribution in [0.3, 0.4) is 0 Å². The molecule has 0 spiro atoms. The van der Waals surface area contributed by atoms with Gasteiger partial charge >= 0.3 is 0 Å². The minimum absolute atomic E-state index is 0.00595. The molecule has 1 heterocycles. The number of H-pyrrole nitrogens is 1. The summed E-state index contributed by atoms with van der Waals surface area (Å²) in [6.45, 7) is 7.06.